The number of alkyl halides is 2. The van der Waals surface area contributed by atoms with Crippen molar-refractivity contribution in [1.29, 1.82) is 0 Å². The van der Waals surface area contributed by atoms with E-state index in [1.54, 1.807) is 0 Å². The van der Waals surface area contributed by atoms with E-state index in [0.29, 0.717) is 6.20 Å². The lowest BCUT2D eigenvalue weighted by Gasteiger charge is -2.06. The molecular weight excluding hydrogens is 396 g/mol. The lowest BCUT2D eigenvalue weighted by atomic mass is 10.2. The largest absolute Gasteiger partial charge is 0.302 e. The summed E-state index contributed by atoms with van der Waals surface area (Å²) in [5, 5.41) is 10.7. The van der Waals surface area contributed by atoms with Crippen LogP contribution in [0.4, 0.5) is 14.5 Å². The summed E-state index contributed by atoms with van der Waals surface area (Å²) in [5.41, 5.74) is -2.33. The summed E-state index contributed by atoms with van der Waals surface area (Å²) < 4.78 is 46.9. The Labute approximate surface area is 112 Å². The van der Waals surface area contributed by atoms with E-state index in [2.05, 4.69) is 4.98 Å². The molecule has 1 rings (SSSR count). The summed E-state index contributed by atoms with van der Waals surface area (Å²) in [5.74, 6) is 0. The van der Waals surface area contributed by atoms with Gasteiger partial charge in [0.25, 0.3) is 15.5 Å². The fourth-order valence-corrected chi connectivity index (χ4v) is 3.81. The first kappa shape index (κ1) is 14.4. The highest BCUT2D eigenvalue weighted by molar-refractivity contribution is 14.1. The van der Waals surface area contributed by atoms with Gasteiger partial charge in [-0.15, -0.1) is 0 Å². The van der Waals surface area contributed by atoms with E-state index in [1.165, 1.54) is 22.6 Å². The van der Waals surface area contributed by atoms with Gasteiger partial charge in [-0.3, -0.25) is 10.1 Å². The van der Waals surface area contributed by atoms with Crippen molar-refractivity contribution in [2.45, 2.75) is 11.3 Å². The highest BCUT2D eigenvalue weighted by Gasteiger charge is 2.34. The van der Waals surface area contributed by atoms with Crippen molar-refractivity contribution in [2.24, 2.45) is 0 Å². The van der Waals surface area contributed by atoms with Gasteiger partial charge in [-0.05, 0) is 22.6 Å². The first-order chi connectivity index (χ1) is 7.66. The van der Waals surface area contributed by atoms with Crippen molar-refractivity contribution in [1.82, 2.24) is 4.98 Å². The van der Waals surface area contributed by atoms with Crippen LogP contribution in [0.15, 0.2) is 11.1 Å². The highest BCUT2D eigenvalue weighted by Crippen LogP contribution is 2.37. The Balaban J connectivity index is 3.80. The molecule has 1 aromatic heterocycles. The average molecular weight is 399 g/mol. The van der Waals surface area contributed by atoms with Crippen molar-refractivity contribution >= 4 is 48.0 Å². The zero-order valence-electron chi connectivity index (χ0n) is 7.60. The molecule has 94 valence electrons. The second-order valence-electron chi connectivity index (χ2n) is 2.68. The number of halogens is 4. The molecule has 0 fully saturated rings. The molecule has 1 aromatic rings. The van der Waals surface area contributed by atoms with Crippen LogP contribution in [-0.4, -0.2) is 18.3 Å². The minimum atomic E-state index is -4.54. The third kappa shape index (κ3) is 2.98. The minimum Gasteiger partial charge on any atom is -0.258 e. The number of hydrogen-bond donors (Lipinski definition) is 0. The second kappa shape index (κ2) is 4.94. The van der Waals surface area contributed by atoms with E-state index >= 15 is 0 Å². The maximum absolute atomic E-state index is 12.5. The minimum absolute atomic E-state index is 0.339. The molecule has 17 heavy (non-hydrogen) atoms. The molecule has 0 aromatic carbocycles. The Morgan fingerprint density at radius 3 is 2.41 bits per heavy atom. The molecule has 1 heterocycles. The van der Waals surface area contributed by atoms with Crippen LogP contribution in [0.2, 0.25) is 0 Å². The summed E-state index contributed by atoms with van der Waals surface area (Å²) in [6.45, 7) is 0. The van der Waals surface area contributed by atoms with Crippen molar-refractivity contribution in [3.63, 3.8) is 0 Å². The van der Waals surface area contributed by atoms with Crippen LogP contribution >= 0.6 is 33.3 Å². The Bertz CT molecular complexity index is 580. The summed E-state index contributed by atoms with van der Waals surface area (Å²) in [6, 6.07) is 0. The van der Waals surface area contributed by atoms with Crippen LogP contribution in [0, 0.1) is 13.8 Å². The monoisotopic (exact) mass is 398 g/mol. The van der Waals surface area contributed by atoms with Crippen molar-refractivity contribution in [3.05, 3.63) is 25.6 Å². The predicted molar refractivity (Wildman–Crippen MR) is 61.6 cm³/mol. The molecule has 6 nitrogen and oxygen atoms in total. The van der Waals surface area contributed by atoms with E-state index in [9.17, 15) is 27.3 Å². The number of rotatable bonds is 3. The normalized spacial score (nSPS) is 11.8. The zero-order chi connectivity index (χ0) is 13.4. The Morgan fingerprint density at radius 2 is 2.06 bits per heavy atom. The molecule has 0 aliphatic carbocycles. The summed E-state index contributed by atoms with van der Waals surface area (Å²) in [4.78, 5) is 11.8. The molecule has 0 unspecified atom stereocenters. The molecule has 0 saturated heterocycles. The number of hydrogen-bond acceptors (Lipinski definition) is 5. The predicted octanol–water partition coefficient (Wildman–Crippen LogP) is 2.46. The van der Waals surface area contributed by atoms with Crippen LogP contribution in [0.1, 0.15) is 12.0 Å². The number of aromatic nitrogens is 1. The molecule has 0 amide bonds. The van der Waals surface area contributed by atoms with Crippen LogP contribution < -0.4 is 0 Å². The molecule has 0 N–H and O–H groups in total. The van der Waals surface area contributed by atoms with Crippen LogP contribution in [0.25, 0.3) is 0 Å². The van der Waals surface area contributed by atoms with E-state index in [1.807, 2.05) is 0 Å². The summed E-state index contributed by atoms with van der Waals surface area (Å²) in [6.07, 6.45) is -2.67. The Kier molecular flexibility index (Phi) is 4.19. The Morgan fingerprint density at radius 1 is 1.53 bits per heavy atom. The molecule has 0 bridgehead atoms. The molecule has 0 saturated carbocycles. The van der Waals surface area contributed by atoms with E-state index in [4.69, 9.17) is 10.7 Å². The van der Waals surface area contributed by atoms with Gasteiger partial charge in [-0.25, -0.2) is 22.2 Å². The standard InChI is InChI=1S/C6H2ClF2IN2O4S/c7-17(15,16)4-3(12(13)14)2(5(8)9)1-11-6(4)10/h1,5H. The summed E-state index contributed by atoms with van der Waals surface area (Å²) in [7, 11) is 0.430. The van der Waals surface area contributed by atoms with Crippen LogP contribution in [0.5, 0.6) is 0 Å². The van der Waals surface area contributed by atoms with E-state index in [-0.39, 0.29) is 3.70 Å². The third-order valence-electron chi connectivity index (χ3n) is 1.65. The van der Waals surface area contributed by atoms with Gasteiger partial charge in [-0.2, -0.15) is 0 Å². The zero-order valence-corrected chi connectivity index (χ0v) is 11.3. The first-order valence-corrected chi connectivity index (χ1v) is 7.10. The van der Waals surface area contributed by atoms with E-state index in [0.717, 1.165) is 0 Å². The van der Waals surface area contributed by atoms with Crippen LogP contribution in [-0.2, 0) is 9.05 Å². The quantitative estimate of drug-likeness (QED) is 0.256. The lowest BCUT2D eigenvalue weighted by Crippen LogP contribution is -2.07. The molecule has 0 aliphatic heterocycles. The second-order valence-corrected chi connectivity index (χ2v) is 6.20. The molecule has 0 aliphatic rings. The third-order valence-corrected chi connectivity index (χ3v) is 4.18. The fraction of sp³-hybridized carbons (Fsp3) is 0.167. The van der Waals surface area contributed by atoms with E-state index < -0.39 is 36.5 Å². The van der Waals surface area contributed by atoms with Crippen molar-refractivity contribution < 1.29 is 22.1 Å². The van der Waals surface area contributed by atoms with Crippen molar-refractivity contribution in [3.8, 4) is 0 Å². The molecule has 11 heteroatoms. The maximum atomic E-state index is 12.5. The SMILES string of the molecule is O=[N+]([O-])c1c(C(F)F)cnc(I)c1S(=O)(=O)Cl. The fourth-order valence-electron chi connectivity index (χ4n) is 1.04. The van der Waals surface area contributed by atoms with Gasteiger partial charge >= 0.3 is 5.69 Å². The van der Waals surface area contributed by atoms with Gasteiger partial charge < -0.3 is 0 Å². The van der Waals surface area contributed by atoms with Gasteiger partial charge in [0.15, 0.2) is 4.90 Å². The first-order valence-electron chi connectivity index (χ1n) is 3.72. The lowest BCUT2D eigenvalue weighted by molar-refractivity contribution is -0.389. The topological polar surface area (TPSA) is 90.2 Å². The van der Waals surface area contributed by atoms with Gasteiger partial charge in [0.2, 0.25) is 0 Å². The molecule has 0 spiro atoms. The van der Waals surface area contributed by atoms with Crippen molar-refractivity contribution in [2.75, 3.05) is 0 Å². The van der Waals surface area contributed by atoms with Gasteiger partial charge in [-0.1, -0.05) is 0 Å². The maximum Gasteiger partial charge on any atom is 0.302 e. The smallest absolute Gasteiger partial charge is 0.258 e. The molecule has 0 atom stereocenters. The number of nitro groups is 1. The van der Waals surface area contributed by atoms with Crippen LogP contribution in [0.3, 0.4) is 0 Å². The Hall–Kier alpha value is -0.620. The number of nitrogens with zero attached hydrogens (tertiary/aromatic N) is 2. The highest BCUT2D eigenvalue weighted by atomic mass is 127. The number of pyridine rings is 1. The molecule has 0 radical (unpaired) electrons. The molecular formula is C6H2ClF2IN2O4S. The summed E-state index contributed by atoms with van der Waals surface area (Å²) >= 11 is 1.36. The van der Waals surface area contributed by atoms with Gasteiger partial charge in [0, 0.05) is 16.9 Å². The van der Waals surface area contributed by atoms with Gasteiger partial charge in [0.05, 0.1) is 4.92 Å². The average Bonchev–Trinajstić information content (AvgIpc) is 2.14. The van der Waals surface area contributed by atoms with Gasteiger partial charge in [0.1, 0.15) is 9.26 Å².